The van der Waals surface area contributed by atoms with Crippen LogP contribution < -0.4 is 29.6 Å². The van der Waals surface area contributed by atoms with Gasteiger partial charge in [0.2, 0.25) is 0 Å². The van der Waals surface area contributed by atoms with Crippen LogP contribution in [0.15, 0.2) is 0 Å². The van der Waals surface area contributed by atoms with E-state index in [9.17, 15) is 0 Å². The summed E-state index contributed by atoms with van der Waals surface area (Å²) in [4.78, 5) is 0. The molecule has 0 N–H and O–H groups in total. The summed E-state index contributed by atoms with van der Waals surface area (Å²) in [6.07, 6.45) is 0. The van der Waals surface area contributed by atoms with Gasteiger partial charge in [0.1, 0.15) is 0 Å². The summed E-state index contributed by atoms with van der Waals surface area (Å²) < 4.78 is 5.06. The predicted octanol–water partition coefficient (Wildman–Crippen LogP) is 0.814. The van der Waals surface area contributed by atoms with Crippen LogP contribution in [-0.4, -0.2) is 16.5 Å². The van der Waals surface area contributed by atoms with Gasteiger partial charge in [-0.1, -0.05) is 68.6 Å². The van der Waals surface area contributed by atoms with Crippen molar-refractivity contribution in [1.29, 1.82) is 0 Å². The first-order valence-corrected chi connectivity index (χ1v) is 10.9. The number of nitrogens with zero attached hydrogens (tertiary/aromatic N) is 1. The third kappa shape index (κ3) is 6.86. The zero-order valence-corrected chi connectivity index (χ0v) is 13.9. The van der Waals surface area contributed by atoms with Gasteiger partial charge in [-0.2, -0.15) is 0 Å². The van der Waals surface area contributed by atoms with Gasteiger partial charge in [-0.25, -0.2) is 0 Å². The van der Waals surface area contributed by atoms with Crippen LogP contribution in [0.4, 0.5) is 0 Å². The Kier molecular flexibility index (Phi) is 7.91. The van der Waals surface area contributed by atoms with E-state index in [2.05, 4.69) is 40.0 Å². The molecule has 0 saturated carbocycles. The Balaban J connectivity index is 0. The Hall–Kier alpha value is 1.39. The molecule has 0 radical (unpaired) electrons. The molecule has 12 heavy (non-hydrogen) atoms. The Morgan fingerprint density at radius 3 is 1.25 bits per heavy atom. The Labute approximate surface area is 102 Å². The molecule has 0 aromatic heterocycles. The van der Waals surface area contributed by atoms with Crippen LogP contribution in [0.1, 0.15) is 13.8 Å². The van der Waals surface area contributed by atoms with E-state index in [1.165, 1.54) is 12.1 Å². The largest absolute Gasteiger partial charge is 1.00 e. The second kappa shape index (κ2) is 5.99. The summed E-state index contributed by atoms with van der Waals surface area (Å²) in [5.74, 6) is 0. The predicted molar refractivity (Wildman–Crippen MR) is 59.3 cm³/mol. The van der Waals surface area contributed by atoms with Crippen LogP contribution in [0.5, 0.6) is 0 Å². The molecule has 0 saturated heterocycles. The van der Waals surface area contributed by atoms with E-state index in [1.54, 1.807) is 0 Å². The van der Waals surface area contributed by atoms with Crippen LogP contribution in [-0.2, 0) is 0 Å². The molecular weight excluding hydrogens is 189 g/mol. The topological polar surface area (TPSA) is 14.1 Å². The average molecular weight is 211 g/mol. The number of hydrogen-bond acceptors (Lipinski definition) is 0. The van der Waals surface area contributed by atoms with Crippen molar-refractivity contribution in [3.05, 3.63) is 4.65 Å². The Morgan fingerprint density at radius 2 is 1.08 bits per heavy atom. The van der Waals surface area contributed by atoms with Gasteiger partial charge < -0.3 is 4.65 Å². The van der Waals surface area contributed by atoms with Gasteiger partial charge in [-0.3, -0.25) is 0 Å². The molecule has 0 spiro atoms. The van der Waals surface area contributed by atoms with Crippen molar-refractivity contribution in [2.24, 2.45) is 0 Å². The summed E-state index contributed by atoms with van der Waals surface area (Å²) in [5.41, 5.74) is 0. The minimum atomic E-state index is -1.15. The zero-order valence-electron chi connectivity index (χ0n) is 9.86. The van der Waals surface area contributed by atoms with Gasteiger partial charge in [-0.15, -0.1) is 0 Å². The molecule has 0 aromatic rings. The van der Waals surface area contributed by atoms with Crippen LogP contribution in [0.3, 0.4) is 0 Å². The molecule has 0 rings (SSSR count). The van der Waals surface area contributed by atoms with Gasteiger partial charge in [0.05, 0.1) is 0 Å². The first-order valence-electron chi connectivity index (χ1n) is 4.57. The monoisotopic (exact) mass is 211 g/mol. The van der Waals surface area contributed by atoms with Crippen molar-refractivity contribution in [3.63, 3.8) is 0 Å². The van der Waals surface area contributed by atoms with E-state index in [-0.39, 0.29) is 29.6 Å². The van der Waals surface area contributed by atoms with E-state index in [0.717, 1.165) is 0 Å². The molecule has 0 unspecified atom stereocenters. The first kappa shape index (κ1) is 15.8. The van der Waals surface area contributed by atoms with Gasteiger partial charge in [0.25, 0.3) is 0 Å². The molecule has 0 amide bonds. The molecule has 1 nitrogen and oxygen atoms in total. The van der Waals surface area contributed by atoms with Crippen molar-refractivity contribution < 1.29 is 29.6 Å². The maximum atomic E-state index is 5.06. The quantitative estimate of drug-likeness (QED) is 0.611. The Morgan fingerprint density at radius 1 is 0.833 bits per heavy atom. The van der Waals surface area contributed by atoms with Gasteiger partial charge in [-0.05, 0) is 0 Å². The molecule has 0 heterocycles. The zero-order chi connectivity index (χ0) is 9.12. The molecule has 0 bridgehead atoms. The molecule has 0 aliphatic heterocycles. The van der Waals surface area contributed by atoms with E-state index in [4.69, 9.17) is 4.65 Å². The van der Waals surface area contributed by atoms with Gasteiger partial charge in [0, 0.05) is 0 Å². The summed E-state index contributed by atoms with van der Waals surface area (Å²) in [6.45, 7) is 14.0. The molecule has 0 aliphatic rings. The molecule has 4 heteroatoms. The van der Waals surface area contributed by atoms with Crippen molar-refractivity contribution >= 4 is 16.5 Å². The number of hydrogen-bond donors (Lipinski definition) is 0. The second-order valence-electron chi connectivity index (χ2n) is 4.44. The molecule has 0 atom stereocenters. The van der Waals surface area contributed by atoms with E-state index in [1.807, 2.05) is 0 Å². The standard InChI is InChI=1S/C8H22NSi2.Na/c1-7-10(3,4)9-11(5,6)8-2;/h7-8H2,1-6H3;/q-1;+1. The van der Waals surface area contributed by atoms with Crippen molar-refractivity contribution in [3.8, 4) is 0 Å². The third-order valence-corrected chi connectivity index (χ3v) is 10.6. The maximum Gasteiger partial charge on any atom is 1.00 e. The molecular formula is C8H22NNaSi2. The van der Waals surface area contributed by atoms with Crippen LogP contribution in [0, 0.1) is 0 Å². The maximum absolute atomic E-state index is 5.06. The fourth-order valence-corrected chi connectivity index (χ4v) is 8.80. The van der Waals surface area contributed by atoms with Crippen molar-refractivity contribution in [1.82, 2.24) is 0 Å². The first-order chi connectivity index (χ1) is 4.83. The fraction of sp³-hybridized carbons (Fsp3) is 1.00. The SMILES string of the molecule is CC[Si](C)(C)[N-][Si](C)(C)CC.[Na+]. The summed E-state index contributed by atoms with van der Waals surface area (Å²) >= 11 is 0. The summed E-state index contributed by atoms with van der Waals surface area (Å²) in [6, 6.07) is 2.59. The number of rotatable bonds is 4. The molecule has 0 aromatic carbocycles. The fourth-order valence-electron chi connectivity index (χ4n) is 0.977. The van der Waals surface area contributed by atoms with Gasteiger partial charge >= 0.3 is 29.6 Å². The van der Waals surface area contributed by atoms with Crippen LogP contribution in [0.25, 0.3) is 4.65 Å². The van der Waals surface area contributed by atoms with Crippen LogP contribution >= 0.6 is 0 Å². The van der Waals surface area contributed by atoms with Gasteiger partial charge in [0.15, 0.2) is 0 Å². The smallest absolute Gasteiger partial charge is 0.667 e. The third-order valence-electron chi connectivity index (χ3n) is 2.34. The molecule has 68 valence electrons. The molecule has 0 fully saturated rings. The summed E-state index contributed by atoms with van der Waals surface area (Å²) in [5, 5.41) is 0. The van der Waals surface area contributed by atoms with Crippen molar-refractivity contribution in [2.45, 2.75) is 52.1 Å². The molecule has 0 aliphatic carbocycles. The summed E-state index contributed by atoms with van der Waals surface area (Å²) in [7, 11) is -2.29. The van der Waals surface area contributed by atoms with Crippen LogP contribution in [0.2, 0.25) is 38.3 Å². The van der Waals surface area contributed by atoms with E-state index >= 15 is 0 Å². The van der Waals surface area contributed by atoms with E-state index in [0.29, 0.717) is 0 Å². The minimum absolute atomic E-state index is 0. The average Bonchev–Trinajstić information content (AvgIpc) is 1.86. The minimum Gasteiger partial charge on any atom is -0.667 e. The second-order valence-corrected chi connectivity index (χ2v) is 14.0. The van der Waals surface area contributed by atoms with E-state index < -0.39 is 16.5 Å². The van der Waals surface area contributed by atoms with Crippen molar-refractivity contribution in [2.75, 3.05) is 0 Å². The normalized spacial score (nSPS) is 12.5. The Bertz CT molecular complexity index is 112.